The van der Waals surface area contributed by atoms with E-state index in [-0.39, 0.29) is 23.9 Å². The number of hydrogen-bond donors (Lipinski definition) is 2. The fraction of sp³-hybridized carbons (Fsp3) is 0.833. The van der Waals surface area contributed by atoms with E-state index in [0.717, 1.165) is 19.3 Å². The summed E-state index contributed by atoms with van der Waals surface area (Å²) in [6.45, 7) is 2.64. The molecule has 0 aromatic carbocycles. The van der Waals surface area contributed by atoms with Crippen LogP contribution in [0.1, 0.15) is 32.6 Å². The van der Waals surface area contributed by atoms with Crippen molar-refractivity contribution in [1.82, 2.24) is 5.32 Å². The average molecular weight is 273 g/mol. The lowest BCUT2D eigenvalue weighted by molar-refractivity contribution is -0.152. The lowest BCUT2D eigenvalue weighted by atomic mass is 9.67. The summed E-state index contributed by atoms with van der Waals surface area (Å²) in [5.74, 6) is -0.418. The maximum atomic E-state index is 12.1. The van der Waals surface area contributed by atoms with Crippen LogP contribution in [0.15, 0.2) is 0 Å². The molecule has 1 aliphatic heterocycles. The molecule has 6 heteroatoms. The Morgan fingerprint density at radius 3 is 3.06 bits per heavy atom. The van der Waals surface area contributed by atoms with Crippen molar-refractivity contribution in [3.63, 3.8) is 0 Å². The van der Waals surface area contributed by atoms with Crippen LogP contribution in [0.25, 0.3) is 0 Å². The third-order valence-electron chi connectivity index (χ3n) is 4.05. The molecular formula is C12H19NO4S. The quantitative estimate of drug-likeness (QED) is 0.459. The van der Waals surface area contributed by atoms with E-state index in [2.05, 4.69) is 18.2 Å². The Morgan fingerprint density at radius 1 is 1.61 bits per heavy atom. The smallest absolute Gasteiger partial charge is 0.308 e. The van der Waals surface area contributed by atoms with Gasteiger partial charge in [0, 0.05) is 6.54 Å². The first-order chi connectivity index (χ1) is 8.64. The van der Waals surface area contributed by atoms with Gasteiger partial charge in [-0.25, -0.2) is 0 Å². The Morgan fingerprint density at radius 2 is 2.39 bits per heavy atom. The van der Waals surface area contributed by atoms with E-state index in [9.17, 15) is 9.59 Å². The van der Waals surface area contributed by atoms with E-state index >= 15 is 0 Å². The van der Waals surface area contributed by atoms with Crippen LogP contribution in [-0.2, 0) is 18.5 Å². The number of nitrogens with one attached hydrogen (secondary N) is 1. The van der Waals surface area contributed by atoms with E-state index in [0.29, 0.717) is 19.6 Å². The van der Waals surface area contributed by atoms with Crippen LogP contribution < -0.4 is 5.32 Å². The molecular weight excluding hydrogens is 254 g/mol. The van der Waals surface area contributed by atoms with Crippen LogP contribution in [0.2, 0.25) is 0 Å². The molecule has 5 nitrogen and oxygen atoms in total. The summed E-state index contributed by atoms with van der Waals surface area (Å²) in [6, 6.07) is 0. The number of esters is 1. The van der Waals surface area contributed by atoms with Gasteiger partial charge in [-0.2, -0.15) is 0 Å². The minimum atomic E-state index is -0.600. The van der Waals surface area contributed by atoms with Gasteiger partial charge in [0.25, 0.3) is 0 Å². The summed E-state index contributed by atoms with van der Waals surface area (Å²) in [5, 5.41) is 2.81. The first kappa shape index (κ1) is 13.7. The van der Waals surface area contributed by atoms with Gasteiger partial charge in [0.1, 0.15) is 6.10 Å². The van der Waals surface area contributed by atoms with E-state index in [4.69, 9.17) is 8.92 Å². The molecule has 1 amide bonds. The highest BCUT2D eigenvalue weighted by atomic mass is 32.1. The molecule has 1 heterocycles. The zero-order valence-corrected chi connectivity index (χ0v) is 11.4. The molecule has 1 N–H and O–H groups in total. The van der Waals surface area contributed by atoms with Crippen molar-refractivity contribution in [2.24, 2.45) is 11.3 Å². The molecule has 2 fully saturated rings. The Balaban J connectivity index is 2.13. The summed E-state index contributed by atoms with van der Waals surface area (Å²) in [7, 11) is 0. The predicted molar refractivity (Wildman–Crippen MR) is 67.9 cm³/mol. The average Bonchev–Trinajstić information content (AvgIpc) is 2.67. The molecule has 3 unspecified atom stereocenters. The molecule has 0 radical (unpaired) electrons. The minimum absolute atomic E-state index is 0.0180. The molecule has 1 saturated heterocycles. The molecule has 0 aromatic heterocycles. The number of hydrogen-bond acceptors (Lipinski definition) is 5. The topological polar surface area (TPSA) is 64.6 Å². The maximum absolute atomic E-state index is 12.1. The highest BCUT2D eigenvalue weighted by molar-refractivity contribution is 7.75. The highest BCUT2D eigenvalue weighted by Gasteiger charge is 2.54. The van der Waals surface area contributed by atoms with Gasteiger partial charge < -0.3 is 14.2 Å². The van der Waals surface area contributed by atoms with Crippen molar-refractivity contribution in [2.75, 3.05) is 13.2 Å². The zero-order valence-electron chi connectivity index (χ0n) is 10.5. The highest BCUT2D eigenvalue weighted by Crippen LogP contribution is 2.46. The van der Waals surface area contributed by atoms with Crippen molar-refractivity contribution in [3.8, 4) is 0 Å². The van der Waals surface area contributed by atoms with Crippen molar-refractivity contribution >= 4 is 24.8 Å². The van der Waals surface area contributed by atoms with E-state index in [1.54, 1.807) is 6.92 Å². The van der Waals surface area contributed by atoms with Crippen LogP contribution in [0, 0.1) is 11.3 Å². The Hall–Kier alpha value is -0.750. The summed E-state index contributed by atoms with van der Waals surface area (Å²) in [5.41, 5.74) is -0.600. The number of carbonyl (C=O) groups excluding carboxylic acids is 2. The lowest BCUT2D eigenvalue weighted by Gasteiger charge is -2.37. The van der Waals surface area contributed by atoms with Gasteiger partial charge in [0.05, 0.1) is 17.9 Å². The van der Waals surface area contributed by atoms with Gasteiger partial charge in [0.15, 0.2) is 0 Å². The monoisotopic (exact) mass is 273 g/mol. The predicted octanol–water partition coefficient (Wildman–Crippen LogP) is 1.09. The van der Waals surface area contributed by atoms with Gasteiger partial charge in [-0.1, -0.05) is 6.42 Å². The summed E-state index contributed by atoms with van der Waals surface area (Å²) >= 11 is 3.85. The lowest BCUT2D eigenvalue weighted by Crippen LogP contribution is -2.44. The van der Waals surface area contributed by atoms with Gasteiger partial charge in [-0.15, -0.1) is 0 Å². The number of thiol groups is 1. The van der Waals surface area contributed by atoms with Crippen LogP contribution in [0.3, 0.4) is 0 Å². The van der Waals surface area contributed by atoms with E-state index < -0.39 is 5.41 Å². The summed E-state index contributed by atoms with van der Waals surface area (Å²) in [4.78, 5) is 23.9. The SMILES string of the molecule is CCOC(=O)C1CCCC2(C1)C(=O)NCC2OS. The molecule has 1 saturated carbocycles. The minimum Gasteiger partial charge on any atom is -0.466 e. The second-order valence-corrected chi connectivity index (χ2v) is 5.22. The standard InChI is InChI=1S/C12H19NO4S/c1-2-16-10(14)8-4-3-5-12(6-8)9(17-18)7-13-11(12)15/h8-9,18H,2-7H2,1H3,(H,13,15). The zero-order chi connectivity index (χ0) is 13.2. The van der Waals surface area contributed by atoms with Gasteiger partial charge in [0.2, 0.25) is 5.91 Å². The molecule has 1 aliphatic carbocycles. The maximum Gasteiger partial charge on any atom is 0.308 e. The van der Waals surface area contributed by atoms with Gasteiger partial charge in [-0.05, 0) is 39.1 Å². The third-order valence-corrected chi connectivity index (χ3v) is 4.30. The summed E-state index contributed by atoms with van der Waals surface area (Å²) in [6.07, 6.45) is 2.62. The normalized spacial score (nSPS) is 35.6. The first-order valence-corrected chi connectivity index (χ1v) is 6.75. The molecule has 1 spiro atoms. The van der Waals surface area contributed by atoms with E-state index in [1.807, 2.05) is 0 Å². The molecule has 18 heavy (non-hydrogen) atoms. The van der Waals surface area contributed by atoms with Crippen LogP contribution in [0.5, 0.6) is 0 Å². The fourth-order valence-electron chi connectivity index (χ4n) is 3.11. The number of ether oxygens (including phenoxy) is 1. The Labute approximate surface area is 112 Å². The van der Waals surface area contributed by atoms with Crippen molar-refractivity contribution < 1.29 is 18.5 Å². The largest absolute Gasteiger partial charge is 0.466 e. The van der Waals surface area contributed by atoms with Crippen LogP contribution >= 0.6 is 12.9 Å². The Bertz CT molecular complexity index is 349. The van der Waals surface area contributed by atoms with Crippen molar-refractivity contribution in [2.45, 2.75) is 38.7 Å². The van der Waals surface area contributed by atoms with Gasteiger partial charge in [-0.3, -0.25) is 9.59 Å². The Kier molecular flexibility index (Phi) is 4.17. The van der Waals surface area contributed by atoms with Crippen molar-refractivity contribution in [1.29, 1.82) is 0 Å². The molecule has 102 valence electrons. The van der Waals surface area contributed by atoms with Crippen LogP contribution in [0.4, 0.5) is 0 Å². The number of carbonyl (C=O) groups is 2. The second-order valence-electron chi connectivity index (χ2n) is 5.01. The second kappa shape index (κ2) is 5.48. The van der Waals surface area contributed by atoms with E-state index in [1.165, 1.54) is 0 Å². The fourth-order valence-corrected chi connectivity index (χ4v) is 3.39. The first-order valence-electron chi connectivity index (χ1n) is 6.39. The van der Waals surface area contributed by atoms with Crippen molar-refractivity contribution in [3.05, 3.63) is 0 Å². The molecule has 3 atom stereocenters. The molecule has 0 aromatic rings. The number of amides is 1. The molecule has 0 bridgehead atoms. The number of rotatable bonds is 3. The van der Waals surface area contributed by atoms with Gasteiger partial charge >= 0.3 is 5.97 Å². The third kappa shape index (κ3) is 2.23. The molecule has 2 aliphatic rings. The summed E-state index contributed by atoms with van der Waals surface area (Å²) < 4.78 is 10.2. The van der Waals surface area contributed by atoms with Crippen LogP contribution in [-0.4, -0.2) is 31.1 Å². The molecule has 2 rings (SSSR count).